The van der Waals surface area contributed by atoms with E-state index in [0.717, 1.165) is 30.6 Å². The van der Waals surface area contributed by atoms with Crippen LogP contribution in [-0.2, 0) is 16.0 Å². The normalized spacial score (nSPS) is 14.5. The molecule has 0 spiro atoms. The fraction of sp³-hybridized carbons (Fsp3) is 0.379. The van der Waals surface area contributed by atoms with Gasteiger partial charge in [-0.2, -0.15) is 0 Å². The highest BCUT2D eigenvalue weighted by atomic mass is 32.1. The van der Waals surface area contributed by atoms with Gasteiger partial charge in [-0.15, -0.1) is 11.3 Å². The van der Waals surface area contributed by atoms with Crippen molar-refractivity contribution in [3.8, 4) is 17.2 Å². The van der Waals surface area contributed by atoms with Gasteiger partial charge in [0, 0.05) is 34.3 Å². The second kappa shape index (κ2) is 12.6. The van der Waals surface area contributed by atoms with Crippen LogP contribution >= 0.6 is 11.3 Å². The SMILES string of the molecule is COc1cccc(N(C(=O)Cc2cccs2)[C@@H](C(=O)NC2CCCCC2)c2ccc(OC)cc2OC)c1. The van der Waals surface area contributed by atoms with E-state index in [1.165, 1.54) is 17.8 Å². The van der Waals surface area contributed by atoms with Crippen molar-refractivity contribution in [1.29, 1.82) is 0 Å². The molecule has 1 aromatic heterocycles. The molecule has 0 bridgehead atoms. The Hall–Kier alpha value is -3.52. The summed E-state index contributed by atoms with van der Waals surface area (Å²) in [5.74, 6) is 1.24. The summed E-state index contributed by atoms with van der Waals surface area (Å²) in [5, 5.41) is 5.18. The Morgan fingerprint density at radius 1 is 0.946 bits per heavy atom. The number of nitrogens with one attached hydrogen (secondary N) is 1. The first kappa shape index (κ1) is 26.5. The molecule has 2 amide bonds. The van der Waals surface area contributed by atoms with Gasteiger partial charge in [0.2, 0.25) is 11.8 Å². The summed E-state index contributed by atoms with van der Waals surface area (Å²) in [7, 11) is 4.71. The molecule has 1 fully saturated rings. The highest BCUT2D eigenvalue weighted by Gasteiger charge is 2.36. The Bertz CT molecular complexity index is 1190. The van der Waals surface area contributed by atoms with Gasteiger partial charge in [-0.05, 0) is 48.6 Å². The van der Waals surface area contributed by atoms with Gasteiger partial charge < -0.3 is 19.5 Å². The van der Waals surface area contributed by atoms with Crippen LogP contribution in [0.3, 0.4) is 0 Å². The molecule has 1 aliphatic rings. The maximum atomic E-state index is 14.1. The summed E-state index contributed by atoms with van der Waals surface area (Å²) < 4.78 is 16.6. The molecule has 2 aromatic carbocycles. The number of rotatable bonds is 10. The Kier molecular flexibility index (Phi) is 9.06. The van der Waals surface area contributed by atoms with Crippen LogP contribution < -0.4 is 24.4 Å². The van der Waals surface area contributed by atoms with E-state index in [1.807, 2.05) is 35.7 Å². The van der Waals surface area contributed by atoms with Crippen molar-refractivity contribution in [3.63, 3.8) is 0 Å². The maximum Gasteiger partial charge on any atom is 0.248 e. The molecule has 1 aliphatic carbocycles. The number of nitrogens with zero attached hydrogens (tertiary/aromatic N) is 1. The summed E-state index contributed by atoms with van der Waals surface area (Å²) in [4.78, 5) is 30.6. The summed E-state index contributed by atoms with van der Waals surface area (Å²) in [6.45, 7) is 0. The van der Waals surface area contributed by atoms with Gasteiger partial charge in [0.1, 0.15) is 23.3 Å². The zero-order valence-corrected chi connectivity index (χ0v) is 22.4. The molecule has 1 saturated carbocycles. The molecule has 3 aromatic rings. The predicted molar refractivity (Wildman–Crippen MR) is 146 cm³/mol. The van der Waals surface area contributed by atoms with Gasteiger partial charge in [0.05, 0.1) is 27.8 Å². The lowest BCUT2D eigenvalue weighted by Crippen LogP contribution is -2.47. The van der Waals surface area contributed by atoms with Crippen LogP contribution in [0.1, 0.15) is 48.6 Å². The number of benzene rings is 2. The van der Waals surface area contributed by atoms with Crippen molar-refractivity contribution < 1.29 is 23.8 Å². The van der Waals surface area contributed by atoms with Crippen LogP contribution in [-0.4, -0.2) is 39.2 Å². The van der Waals surface area contributed by atoms with Crippen LogP contribution in [0.5, 0.6) is 17.2 Å². The molecule has 0 radical (unpaired) electrons. The first-order valence-corrected chi connectivity index (χ1v) is 13.4. The molecule has 0 saturated heterocycles. The topological polar surface area (TPSA) is 77.1 Å². The quantitative estimate of drug-likeness (QED) is 0.378. The fourth-order valence-corrected chi connectivity index (χ4v) is 5.51. The van der Waals surface area contributed by atoms with Crippen molar-refractivity contribution in [3.05, 3.63) is 70.4 Å². The van der Waals surface area contributed by atoms with Gasteiger partial charge in [0.25, 0.3) is 0 Å². The smallest absolute Gasteiger partial charge is 0.248 e. The van der Waals surface area contributed by atoms with E-state index < -0.39 is 6.04 Å². The van der Waals surface area contributed by atoms with Gasteiger partial charge in [-0.3, -0.25) is 14.5 Å². The molecular weight excluding hydrogens is 488 g/mol. The van der Waals surface area contributed by atoms with Crippen LogP contribution in [0.2, 0.25) is 0 Å². The molecular formula is C29H34N2O5S. The molecule has 37 heavy (non-hydrogen) atoms. The van der Waals surface area contributed by atoms with E-state index in [0.29, 0.717) is 28.5 Å². The molecule has 1 N–H and O–H groups in total. The summed E-state index contributed by atoms with van der Waals surface area (Å²) in [5.41, 5.74) is 1.15. The average molecular weight is 523 g/mol. The van der Waals surface area contributed by atoms with Crippen LogP contribution in [0.4, 0.5) is 5.69 Å². The highest BCUT2D eigenvalue weighted by molar-refractivity contribution is 7.10. The first-order valence-electron chi connectivity index (χ1n) is 12.5. The standard InChI is InChI=1S/C29H34N2O5S/c1-34-22-12-7-11-21(17-22)31(27(32)19-24-13-8-16-37-24)28(29(33)30-20-9-5-4-6-10-20)25-15-14-23(35-2)18-26(25)36-3/h7-8,11-18,20,28H,4-6,9-10,19H2,1-3H3,(H,30,33)/t28-/m1/s1. The lowest BCUT2D eigenvalue weighted by Gasteiger charge is -2.34. The molecule has 1 atom stereocenters. The van der Waals surface area contributed by atoms with Crippen molar-refractivity contribution >= 4 is 28.8 Å². The molecule has 196 valence electrons. The molecule has 7 nitrogen and oxygen atoms in total. The van der Waals surface area contributed by atoms with E-state index >= 15 is 0 Å². The number of anilines is 1. The molecule has 4 rings (SSSR count). The number of amides is 2. The summed E-state index contributed by atoms with van der Waals surface area (Å²) in [6, 6.07) is 15.5. The van der Waals surface area contributed by atoms with E-state index in [1.54, 1.807) is 50.5 Å². The number of hydrogen-bond donors (Lipinski definition) is 1. The lowest BCUT2D eigenvalue weighted by molar-refractivity contribution is -0.127. The first-order chi connectivity index (χ1) is 18.0. The van der Waals surface area contributed by atoms with E-state index in [-0.39, 0.29) is 24.3 Å². The van der Waals surface area contributed by atoms with Gasteiger partial charge >= 0.3 is 0 Å². The zero-order valence-electron chi connectivity index (χ0n) is 21.6. The Labute approximate surface area is 222 Å². The Morgan fingerprint density at radius 3 is 2.38 bits per heavy atom. The fourth-order valence-electron chi connectivity index (χ4n) is 4.81. The minimum Gasteiger partial charge on any atom is -0.497 e. The highest BCUT2D eigenvalue weighted by Crippen LogP contribution is 2.37. The number of hydrogen-bond acceptors (Lipinski definition) is 6. The monoisotopic (exact) mass is 522 g/mol. The van der Waals surface area contributed by atoms with Crippen molar-refractivity contribution in [1.82, 2.24) is 5.32 Å². The lowest BCUT2D eigenvalue weighted by atomic mass is 9.94. The number of carbonyl (C=O) groups excluding carboxylic acids is 2. The predicted octanol–water partition coefficient (Wildman–Crippen LogP) is 5.54. The number of methoxy groups -OCH3 is 3. The van der Waals surface area contributed by atoms with Crippen LogP contribution in [0.15, 0.2) is 60.0 Å². The van der Waals surface area contributed by atoms with Crippen molar-refractivity contribution in [2.24, 2.45) is 0 Å². The van der Waals surface area contributed by atoms with Crippen LogP contribution in [0, 0.1) is 0 Å². The van der Waals surface area contributed by atoms with E-state index in [9.17, 15) is 9.59 Å². The Balaban J connectivity index is 1.83. The maximum absolute atomic E-state index is 14.1. The number of ether oxygens (including phenoxy) is 3. The third kappa shape index (κ3) is 6.43. The third-order valence-electron chi connectivity index (χ3n) is 6.70. The molecule has 1 heterocycles. The second-order valence-corrected chi connectivity index (χ2v) is 10.1. The van der Waals surface area contributed by atoms with Gasteiger partial charge in [0.15, 0.2) is 0 Å². The largest absolute Gasteiger partial charge is 0.497 e. The molecule has 0 unspecified atom stereocenters. The second-order valence-electron chi connectivity index (χ2n) is 9.08. The molecule has 8 heteroatoms. The number of carbonyl (C=O) groups is 2. The summed E-state index contributed by atoms with van der Waals surface area (Å²) >= 11 is 1.51. The number of thiophene rings is 1. The Morgan fingerprint density at radius 2 is 1.70 bits per heavy atom. The minimum atomic E-state index is -0.956. The van der Waals surface area contributed by atoms with E-state index in [4.69, 9.17) is 14.2 Å². The van der Waals surface area contributed by atoms with Crippen molar-refractivity contribution in [2.45, 2.75) is 50.6 Å². The summed E-state index contributed by atoms with van der Waals surface area (Å²) in [6.07, 6.45) is 5.37. The molecule has 0 aliphatic heterocycles. The average Bonchev–Trinajstić information content (AvgIpc) is 3.44. The van der Waals surface area contributed by atoms with Gasteiger partial charge in [-0.1, -0.05) is 31.4 Å². The van der Waals surface area contributed by atoms with Crippen molar-refractivity contribution in [2.75, 3.05) is 26.2 Å². The minimum absolute atomic E-state index is 0.0764. The zero-order chi connectivity index (χ0) is 26.2. The van der Waals surface area contributed by atoms with E-state index in [2.05, 4.69) is 5.32 Å². The third-order valence-corrected chi connectivity index (χ3v) is 7.58. The van der Waals surface area contributed by atoms with Gasteiger partial charge in [-0.25, -0.2) is 0 Å². The van der Waals surface area contributed by atoms with Crippen LogP contribution in [0.25, 0.3) is 0 Å².